The molecule has 1 fully saturated rings. The van der Waals surface area contributed by atoms with Gasteiger partial charge in [0.25, 0.3) is 0 Å². The van der Waals surface area contributed by atoms with Gasteiger partial charge in [0.05, 0.1) is 5.75 Å². The average molecular weight is 303 g/mol. The molecule has 2 rings (SSSR count). The van der Waals surface area contributed by atoms with Crippen molar-refractivity contribution in [2.75, 3.05) is 13.1 Å². The van der Waals surface area contributed by atoms with Crippen LogP contribution in [0.1, 0.15) is 51.2 Å². The van der Waals surface area contributed by atoms with Crippen LogP contribution >= 0.6 is 0 Å². The summed E-state index contributed by atoms with van der Waals surface area (Å²) in [6, 6.07) is 6.70. The fourth-order valence-corrected chi connectivity index (χ4v) is 3.78. The van der Waals surface area contributed by atoms with E-state index < -0.39 is 14.5 Å². The second kappa shape index (κ2) is 7.18. The van der Waals surface area contributed by atoms with E-state index in [1.165, 1.54) is 49.2 Å². The third-order valence-corrected chi connectivity index (χ3v) is 4.81. The molecule has 1 heterocycles. The van der Waals surface area contributed by atoms with Crippen LogP contribution in [-0.2, 0) is 12.0 Å². The summed E-state index contributed by atoms with van der Waals surface area (Å²) in [5, 5.41) is 0. The fraction of sp³-hybridized carbons (Fsp3) is 0.667. The number of hydrogen-bond donors (Lipinski definition) is 0. The van der Waals surface area contributed by atoms with E-state index in [-0.39, 0.29) is 5.41 Å². The Balaban J connectivity index is 2.30. The van der Waals surface area contributed by atoms with Gasteiger partial charge in [0.1, 0.15) is 0 Å². The minimum atomic E-state index is -1.10. The Morgan fingerprint density at radius 2 is 1.76 bits per heavy atom. The molecule has 1 aliphatic rings. The number of rotatable bonds is 4. The zero-order chi connectivity index (χ0) is 15.5. The van der Waals surface area contributed by atoms with Crippen molar-refractivity contribution in [1.29, 1.82) is 0 Å². The van der Waals surface area contributed by atoms with E-state index in [2.05, 4.69) is 55.4 Å². The van der Waals surface area contributed by atoms with Crippen molar-refractivity contribution in [2.24, 2.45) is 0 Å². The number of benzene rings is 1. The summed E-state index contributed by atoms with van der Waals surface area (Å²) >= 11 is -1.10. The number of likely N-dealkylation sites (tertiary alicyclic amines) is 1. The molecule has 0 spiro atoms. The molecule has 2 nitrogen and oxygen atoms in total. The Morgan fingerprint density at radius 3 is 2.33 bits per heavy atom. The van der Waals surface area contributed by atoms with E-state index in [1.54, 1.807) is 0 Å². The molecule has 116 valence electrons. The van der Waals surface area contributed by atoms with Gasteiger partial charge in [-0.3, -0.25) is 4.90 Å². The van der Waals surface area contributed by atoms with Gasteiger partial charge in [-0.1, -0.05) is 57.0 Å². The molecule has 0 amide bonds. The molecule has 1 aliphatic heterocycles. The lowest BCUT2D eigenvalue weighted by atomic mass is 9.85. The number of para-hydroxylation sites is 1. The topological polar surface area (TPSA) is 12.5 Å². The van der Waals surface area contributed by atoms with Gasteiger partial charge in [-0.25, -0.2) is 0 Å². The molecule has 0 bridgehead atoms. The number of nitrogens with zero attached hydrogens (tertiary/aromatic N) is 1. The molecule has 1 saturated heterocycles. The molecule has 0 radical (unpaired) electrons. The second-order valence-corrected chi connectivity index (χ2v) is 9.88. The zero-order valence-corrected chi connectivity index (χ0v) is 15.6. The third kappa shape index (κ3) is 4.75. The first-order valence-electron chi connectivity index (χ1n) is 8.39. The van der Waals surface area contributed by atoms with Crippen LogP contribution in [0.5, 0.6) is 5.75 Å². The van der Waals surface area contributed by atoms with Crippen molar-refractivity contribution in [1.82, 2.24) is 4.90 Å². The van der Waals surface area contributed by atoms with Crippen LogP contribution in [0.4, 0.5) is 0 Å². The highest BCUT2D eigenvalue weighted by Gasteiger charge is 2.23. The van der Waals surface area contributed by atoms with E-state index in [9.17, 15) is 0 Å². The summed E-state index contributed by atoms with van der Waals surface area (Å²) in [5.41, 5.74) is 2.88. The number of hydrogen-bond acceptors (Lipinski definition) is 2. The van der Waals surface area contributed by atoms with Crippen LogP contribution in [0, 0.1) is 0 Å². The minimum Gasteiger partial charge on any atom is -0.642 e. The Labute approximate surface area is 135 Å². The molecule has 1 aromatic rings. The molecule has 1 aromatic carbocycles. The van der Waals surface area contributed by atoms with Crippen molar-refractivity contribution in [3.8, 4) is 5.75 Å². The Kier molecular flexibility index (Phi) is 5.77. The SMILES string of the molecule is [CH3][Al]([CH3])[O]c1c(CN2CCCCC2)cccc1C(C)(C)C. The molecule has 0 saturated carbocycles. The molecule has 0 atom stereocenters. The van der Waals surface area contributed by atoms with Crippen molar-refractivity contribution in [2.45, 2.75) is 63.6 Å². The van der Waals surface area contributed by atoms with Crippen molar-refractivity contribution in [3.05, 3.63) is 29.3 Å². The monoisotopic (exact) mass is 303 g/mol. The van der Waals surface area contributed by atoms with E-state index in [0.29, 0.717) is 0 Å². The maximum atomic E-state index is 6.36. The Hall–Kier alpha value is -0.488. The average Bonchev–Trinajstić information content (AvgIpc) is 2.40. The van der Waals surface area contributed by atoms with Gasteiger partial charge in [-0.2, -0.15) is 0 Å². The van der Waals surface area contributed by atoms with Crippen LogP contribution in [0.2, 0.25) is 11.6 Å². The lowest BCUT2D eigenvalue weighted by Crippen LogP contribution is -2.30. The second-order valence-electron chi connectivity index (χ2n) is 7.55. The van der Waals surface area contributed by atoms with E-state index in [4.69, 9.17) is 3.79 Å². The van der Waals surface area contributed by atoms with Gasteiger partial charge in [0, 0.05) is 12.1 Å². The van der Waals surface area contributed by atoms with Crippen LogP contribution in [0.15, 0.2) is 18.2 Å². The summed E-state index contributed by atoms with van der Waals surface area (Å²) in [6.45, 7) is 10.3. The maximum Gasteiger partial charge on any atom is 0.540 e. The third-order valence-electron chi connectivity index (χ3n) is 4.10. The summed E-state index contributed by atoms with van der Waals surface area (Å²) < 4.78 is 6.36. The highest BCUT2D eigenvalue weighted by atomic mass is 27.2. The highest BCUT2D eigenvalue weighted by molar-refractivity contribution is 6.49. The molecule has 0 N–H and O–H groups in total. The van der Waals surface area contributed by atoms with Gasteiger partial charge >= 0.3 is 14.5 Å². The smallest absolute Gasteiger partial charge is 0.540 e. The molecular weight excluding hydrogens is 273 g/mol. The van der Waals surface area contributed by atoms with Crippen LogP contribution < -0.4 is 3.79 Å². The first-order chi connectivity index (χ1) is 9.88. The summed E-state index contributed by atoms with van der Waals surface area (Å²) in [4.78, 5) is 2.58. The number of piperidine rings is 1. The molecule has 0 unspecified atom stereocenters. The van der Waals surface area contributed by atoms with E-state index >= 15 is 0 Å². The Morgan fingerprint density at radius 1 is 1.10 bits per heavy atom. The predicted molar refractivity (Wildman–Crippen MR) is 92.4 cm³/mol. The van der Waals surface area contributed by atoms with Gasteiger partial charge in [-0.05, 0) is 36.9 Å². The van der Waals surface area contributed by atoms with Gasteiger partial charge in [-0.15, -0.1) is 0 Å². The molecule has 0 aromatic heterocycles. The molecule has 3 heteroatoms. The molecule has 0 aliphatic carbocycles. The summed E-state index contributed by atoms with van der Waals surface area (Å²) in [7, 11) is 0. The van der Waals surface area contributed by atoms with Crippen LogP contribution in [0.25, 0.3) is 0 Å². The first-order valence-corrected chi connectivity index (χ1v) is 11.2. The van der Waals surface area contributed by atoms with E-state index in [1.807, 2.05) is 0 Å². The normalized spacial score (nSPS) is 16.8. The fourth-order valence-electron chi connectivity index (χ4n) is 3.03. The van der Waals surface area contributed by atoms with Crippen molar-refractivity contribution < 1.29 is 3.79 Å². The predicted octanol–water partition coefficient (Wildman–Crippen LogP) is 4.60. The van der Waals surface area contributed by atoms with Gasteiger partial charge in [0.2, 0.25) is 0 Å². The van der Waals surface area contributed by atoms with Crippen molar-refractivity contribution >= 4 is 14.5 Å². The maximum absolute atomic E-state index is 6.36. The van der Waals surface area contributed by atoms with Gasteiger partial charge in [0.15, 0.2) is 0 Å². The summed E-state index contributed by atoms with van der Waals surface area (Å²) in [5.74, 6) is 5.69. The Bertz CT molecular complexity index is 459. The quantitative estimate of drug-likeness (QED) is 0.754. The zero-order valence-electron chi connectivity index (χ0n) is 14.4. The highest BCUT2D eigenvalue weighted by Crippen LogP contribution is 2.35. The molecular formula is C18H30AlNO. The van der Waals surface area contributed by atoms with E-state index in [0.717, 1.165) is 6.54 Å². The first kappa shape index (κ1) is 16.9. The van der Waals surface area contributed by atoms with Crippen LogP contribution in [-0.4, -0.2) is 32.5 Å². The standard InChI is InChI=1S/C16H25NO.2CH3.Al/c1-16(2,3)14-9-7-8-13(15(14)18)12-17-10-5-4-6-11-17;;;/h7-9,18H,4-6,10-12H2,1-3H3;2*1H3;/q;;;+1/p-1. The minimum absolute atomic E-state index is 0.135. The lowest BCUT2D eigenvalue weighted by molar-refractivity contribution is 0.219. The van der Waals surface area contributed by atoms with Crippen molar-refractivity contribution in [3.63, 3.8) is 0 Å². The van der Waals surface area contributed by atoms with Crippen LogP contribution in [0.3, 0.4) is 0 Å². The van der Waals surface area contributed by atoms with Gasteiger partial charge < -0.3 is 3.79 Å². The molecule has 21 heavy (non-hydrogen) atoms. The summed E-state index contributed by atoms with van der Waals surface area (Å²) in [6.07, 6.45) is 4.07. The largest absolute Gasteiger partial charge is 0.642 e. The lowest BCUT2D eigenvalue weighted by Gasteiger charge is -2.30.